The molecule has 3 fully saturated rings. The molecule has 0 unspecified atom stereocenters. The molecule has 29 heavy (non-hydrogen) atoms. The summed E-state index contributed by atoms with van der Waals surface area (Å²) in [6.07, 6.45) is 7.61. The SMILES string of the molecule is O=C(NCCc1ccco1)[C@H]1[C@H]2C[C@H](CN(c3nccs3)C2)[C@@H]2CCCC(=O)N21. The van der Waals surface area contributed by atoms with Gasteiger partial charge >= 0.3 is 0 Å². The van der Waals surface area contributed by atoms with Gasteiger partial charge in [0.2, 0.25) is 11.8 Å². The minimum absolute atomic E-state index is 0.0266. The number of hydrogen-bond donors (Lipinski definition) is 1. The van der Waals surface area contributed by atoms with Gasteiger partial charge in [-0.3, -0.25) is 9.59 Å². The molecule has 154 valence electrons. The summed E-state index contributed by atoms with van der Waals surface area (Å²) in [6, 6.07) is 3.54. The number of hydrogen-bond acceptors (Lipinski definition) is 6. The van der Waals surface area contributed by atoms with Crippen LogP contribution in [0.15, 0.2) is 34.4 Å². The zero-order chi connectivity index (χ0) is 19.8. The van der Waals surface area contributed by atoms with E-state index in [4.69, 9.17) is 4.42 Å². The zero-order valence-electron chi connectivity index (χ0n) is 16.3. The van der Waals surface area contributed by atoms with Crippen LogP contribution in [0.3, 0.4) is 0 Å². The third kappa shape index (κ3) is 3.54. The second-order valence-corrected chi connectivity index (χ2v) is 9.17. The van der Waals surface area contributed by atoms with Crippen LogP contribution in [-0.2, 0) is 16.0 Å². The Morgan fingerprint density at radius 2 is 2.24 bits per heavy atom. The monoisotopic (exact) mass is 414 g/mol. The Balaban J connectivity index is 1.35. The fraction of sp³-hybridized carbons (Fsp3) is 0.571. The number of aromatic nitrogens is 1. The van der Waals surface area contributed by atoms with Crippen molar-refractivity contribution in [1.82, 2.24) is 15.2 Å². The first-order valence-electron chi connectivity index (χ1n) is 10.5. The number of rotatable bonds is 5. The van der Waals surface area contributed by atoms with Gasteiger partial charge in [-0.2, -0.15) is 0 Å². The number of nitrogens with one attached hydrogen (secondary N) is 1. The van der Waals surface area contributed by atoms with Gasteiger partial charge in [0, 0.05) is 56.0 Å². The molecule has 3 aliphatic heterocycles. The van der Waals surface area contributed by atoms with E-state index < -0.39 is 0 Å². The summed E-state index contributed by atoms with van der Waals surface area (Å²) in [6.45, 7) is 2.21. The lowest BCUT2D eigenvalue weighted by Crippen LogP contribution is -2.68. The maximum Gasteiger partial charge on any atom is 0.243 e. The summed E-state index contributed by atoms with van der Waals surface area (Å²) in [5, 5.41) is 6.09. The second-order valence-electron chi connectivity index (χ2n) is 8.30. The van der Waals surface area contributed by atoms with Gasteiger partial charge in [-0.15, -0.1) is 11.3 Å². The third-order valence-corrected chi connectivity index (χ3v) is 7.38. The molecule has 2 bridgehead atoms. The molecule has 7 nitrogen and oxygen atoms in total. The van der Waals surface area contributed by atoms with Gasteiger partial charge in [-0.25, -0.2) is 4.98 Å². The first kappa shape index (κ1) is 18.7. The van der Waals surface area contributed by atoms with E-state index in [1.165, 1.54) is 0 Å². The van der Waals surface area contributed by atoms with Crippen LogP contribution in [0.25, 0.3) is 0 Å². The van der Waals surface area contributed by atoms with Crippen LogP contribution in [0.5, 0.6) is 0 Å². The Bertz CT molecular complexity index is 853. The topological polar surface area (TPSA) is 78.7 Å². The van der Waals surface area contributed by atoms with Crippen LogP contribution >= 0.6 is 11.3 Å². The molecular formula is C21H26N4O3S. The smallest absolute Gasteiger partial charge is 0.243 e. The highest BCUT2D eigenvalue weighted by molar-refractivity contribution is 7.13. The molecule has 8 heteroatoms. The first-order chi connectivity index (χ1) is 14.2. The van der Waals surface area contributed by atoms with Crippen molar-refractivity contribution in [2.75, 3.05) is 24.5 Å². The van der Waals surface area contributed by atoms with Crippen molar-refractivity contribution in [2.45, 2.75) is 44.2 Å². The van der Waals surface area contributed by atoms with Crippen molar-refractivity contribution in [3.8, 4) is 0 Å². The summed E-state index contributed by atoms with van der Waals surface area (Å²) < 4.78 is 5.36. The van der Waals surface area contributed by atoms with Crippen LogP contribution in [-0.4, -0.2) is 53.4 Å². The van der Waals surface area contributed by atoms with Crippen molar-refractivity contribution in [3.05, 3.63) is 35.7 Å². The van der Waals surface area contributed by atoms with E-state index >= 15 is 0 Å². The zero-order valence-corrected chi connectivity index (χ0v) is 17.1. The lowest BCUT2D eigenvalue weighted by Gasteiger charge is -2.55. The van der Waals surface area contributed by atoms with E-state index in [0.29, 0.717) is 25.3 Å². The van der Waals surface area contributed by atoms with E-state index in [1.807, 2.05) is 28.6 Å². The van der Waals surface area contributed by atoms with Crippen molar-refractivity contribution < 1.29 is 14.0 Å². The van der Waals surface area contributed by atoms with Crippen LogP contribution in [0.1, 0.15) is 31.4 Å². The number of furan rings is 1. The van der Waals surface area contributed by atoms with Gasteiger partial charge in [0.15, 0.2) is 5.13 Å². The van der Waals surface area contributed by atoms with Gasteiger partial charge in [0.05, 0.1) is 6.26 Å². The number of anilines is 1. The fourth-order valence-electron chi connectivity index (χ4n) is 5.39. The molecule has 3 aliphatic rings. The number of amides is 2. The standard InChI is InChI=1S/C21H26N4O3S/c26-18-5-1-4-17-14-11-15(13-24(12-14)21-23-8-10-29-21)19(25(17)18)20(27)22-7-6-16-3-2-9-28-16/h2-3,8-10,14-15,17,19H,1,4-7,11-13H2,(H,22,27)/t14-,15+,17+,19-/m1/s1. The van der Waals surface area contributed by atoms with E-state index in [1.54, 1.807) is 17.6 Å². The summed E-state index contributed by atoms with van der Waals surface area (Å²) in [5.74, 6) is 1.52. The highest BCUT2D eigenvalue weighted by atomic mass is 32.1. The molecule has 5 heterocycles. The maximum atomic E-state index is 13.3. The molecule has 2 amide bonds. The van der Waals surface area contributed by atoms with Gasteiger partial charge in [0.25, 0.3) is 0 Å². The molecular weight excluding hydrogens is 388 g/mol. The Labute approximate surface area is 174 Å². The molecule has 2 aromatic rings. The average Bonchev–Trinajstić information content (AvgIpc) is 3.43. The highest BCUT2D eigenvalue weighted by Crippen LogP contribution is 2.42. The number of carbonyl (C=O) groups is 2. The third-order valence-electron chi connectivity index (χ3n) is 6.55. The summed E-state index contributed by atoms with van der Waals surface area (Å²) in [7, 11) is 0. The van der Waals surface area contributed by atoms with Gasteiger partial charge in [-0.05, 0) is 37.3 Å². The molecule has 4 atom stereocenters. The first-order valence-corrected chi connectivity index (χ1v) is 11.3. The molecule has 0 saturated carbocycles. The Morgan fingerprint density at radius 3 is 3.03 bits per heavy atom. The van der Waals surface area contributed by atoms with Crippen LogP contribution < -0.4 is 10.2 Å². The molecule has 0 aromatic carbocycles. The van der Waals surface area contributed by atoms with Crippen molar-refractivity contribution in [1.29, 1.82) is 0 Å². The summed E-state index contributed by atoms with van der Waals surface area (Å²) in [4.78, 5) is 34.9. The molecule has 0 spiro atoms. The second kappa shape index (κ2) is 7.82. The Kier molecular flexibility index (Phi) is 5.03. The average molecular weight is 415 g/mol. The van der Waals surface area contributed by atoms with Crippen molar-refractivity contribution in [3.63, 3.8) is 0 Å². The number of fused-ring (bicyclic) bond motifs is 4. The molecule has 1 N–H and O–H groups in total. The van der Waals surface area contributed by atoms with E-state index in [2.05, 4.69) is 15.2 Å². The normalized spacial score (nSPS) is 28.9. The Morgan fingerprint density at radius 1 is 1.34 bits per heavy atom. The predicted octanol–water partition coefficient (Wildman–Crippen LogP) is 2.30. The quantitative estimate of drug-likeness (QED) is 0.812. The van der Waals surface area contributed by atoms with Crippen molar-refractivity contribution in [2.24, 2.45) is 11.8 Å². The lowest BCUT2D eigenvalue weighted by molar-refractivity contribution is -0.156. The van der Waals surface area contributed by atoms with Gasteiger partial charge in [-0.1, -0.05) is 0 Å². The number of carbonyl (C=O) groups excluding carboxylic acids is 2. The predicted molar refractivity (Wildman–Crippen MR) is 110 cm³/mol. The fourth-order valence-corrected chi connectivity index (χ4v) is 6.05. The number of nitrogens with zero attached hydrogens (tertiary/aromatic N) is 3. The number of piperidine rings is 3. The van der Waals surface area contributed by atoms with E-state index in [-0.39, 0.29) is 29.8 Å². The van der Waals surface area contributed by atoms with E-state index in [0.717, 1.165) is 43.2 Å². The summed E-state index contributed by atoms with van der Waals surface area (Å²) in [5.41, 5.74) is 0. The molecule has 0 aliphatic carbocycles. The largest absolute Gasteiger partial charge is 0.469 e. The summed E-state index contributed by atoms with van der Waals surface area (Å²) >= 11 is 1.64. The van der Waals surface area contributed by atoms with Gasteiger partial charge in [0.1, 0.15) is 11.8 Å². The van der Waals surface area contributed by atoms with Crippen LogP contribution in [0.4, 0.5) is 5.13 Å². The van der Waals surface area contributed by atoms with Crippen LogP contribution in [0.2, 0.25) is 0 Å². The minimum Gasteiger partial charge on any atom is -0.469 e. The maximum absolute atomic E-state index is 13.3. The van der Waals surface area contributed by atoms with Crippen LogP contribution in [0, 0.1) is 11.8 Å². The van der Waals surface area contributed by atoms with Crippen molar-refractivity contribution >= 4 is 28.3 Å². The Hall–Kier alpha value is -2.35. The molecule has 5 rings (SSSR count). The van der Waals surface area contributed by atoms with E-state index in [9.17, 15) is 9.59 Å². The minimum atomic E-state index is -0.386. The number of thiazole rings is 1. The molecule has 3 saturated heterocycles. The molecule has 0 radical (unpaired) electrons. The molecule has 2 aromatic heterocycles. The highest BCUT2D eigenvalue weighted by Gasteiger charge is 2.52. The lowest BCUT2D eigenvalue weighted by atomic mass is 9.72. The van der Waals surface area contributed by atoms with Gasteiger partial charge < -0.3 is 19.5 Å².